The van der Waals surface area contributed by atoms with E-state index < -0.39 is 0 Å². The summed E-state index contributed by atoms with van der Waals surface area (Å²) in [6.07, 6.45) is 5.49. The third-order valence-electron chi connectivity index (χ3n) is 5.19. The van der Waals surface area contributed by atoms with E-state index in [-0.39, 0.29) is 0 Å². The van der Waals surface area contributed by atoms with Gasteiger partial charge in [0.05, 0.1) is 16.6 Å². The van der Waals surface area contributed by atoms with Gasteiger partial charge in [-0.2, -0.15) is 5.26 Å². The first-order valence-electron chi connectivity index (χ1n) is 9.29. The topological polar surface area (TPSA) is 53.1 Å². The molecular formula is C21H24N4. The maximum absolute atomic E-state index is 9.83. The fraction of sp³-hybridized carbons (Fsp3) is 0.429. The van der Waals surface area contributed by atoms with Gasteiger partial charge in [0.25, 0.3) is 0 Å². The highest BCUT2D eigenvalue weighted by atomic mass is 15.1. The molecule has 0 fully saturated rings. The number of nitriles is 1. The van der Waals surface area contributed by atoms with Gasteiger partial charge < -0.3 is 5.32 Å². The molecule has 1 aromatic carbocycles. The zero-order valence-corrected chi connectivity index (χ0v) is 15.0. The lowest BCUT2D eigenvalue weighted by Gasteiger charge is -2.23. The van der Waals surface area contributed by atoms with Crippen molar-refractivity contribution in [1.29, 1.82) is 5.26 Å². The molecule has 0 aliphatic heterocycles. The summed E-state index contributed by atoms with van der Waals surface area (Å²) in [5.41, 5.74) is 6.13. The third kappa shape index (κ3) is 2.64. The van der Waals surface area contributed by atoms with Crippen LogP contribution in [0.2, 0.25) is 0 Å². The fourth-order valence-electron chi connectivity index (χ4n) is 3.91. The number of rotatable bonds is 4. The molecular weight excluding hydrogens is 308 g/mol. The highest BCUT2D eigenvalue weighted by Gasteiger charge is 2.24. The van der Waals surface area contributed by atoms with Crippen molar-refractivity contribution in [3.8, 4) is 6.07 Å². The van der Waals surface area contributed by atoms with Crippen LogP contribution in [0.1, 0.15) is 49.8 Å². The Balaban J connectivity index is 2.00. The molecule has 2 heterocycles. The average molecular weight is 332 g/mol. The van der Waals surface area contributed by atoms with E-state index in [9.17, 15) is 5.26 Å². The van der Waals surface area contributed by atoms with Crippen LogP contribution in [0.3, 0.4) is 0 Å². The molecule has 2 aromatic heterocycles. The number of imidazole rings is 1. The van der Waals surface area contributed by atoms with E-state index in [2.05, 4.69) is 35.7 Å². The fourth-order valence-corrected chi connectivity index (χ4v) is 3.91. The van der Waals surface area contributed by atoms with Crippen LogP contribution >= 0.6 is 0 Å². The van der Waals surface area contributed by atoms with E-state index in [1.807, 2.05) is 18.2 Å². The van der Waals surface area contributed by atoms with Crippen LogP contribution in [0.5, 0.6) is 0 Å². The number of anilines is 1. The molecule has 1 aliphatic carbocycles. The molecule has 0 saturated heterocycles. The number of nitrogens with one attached hydrogen (secondary N) is 1. The van der Waals surface area contributed by atoms with Gasteiger partial charge in [0.2, 0.25) is 0 Å². The van der Waals surface area contributed by atoms with Crippen molar-refractivity contribution in [3.63, 3.8) is 0 Å². The second-order valence-electron chi connectivity index (χ2n) is 7.37. The Morgan fingerprint density at radius 3 is 2.72 bits per heavy atom. The lowest BCUT2D eigenvalue weighted by Crippen LogP contribution is -2.16. The van der Waals surface area contributed by atoms with Gasteiger partial charge in [-0.05, 0) is 61.3 Å². The predicted octanol–water partition coefficient (Wildman–Crippen LogP) is 4.70. The van der Waals surface area contributed by atoms with E-state index in [1.165, 1.54) is 17.5 Å². The zero-order valence-electron chi connectivity index (χ0n) is 15.0. The zero-order chi connectivity index (χ0) is 17.4. The second kappa shape index (κ2) is 6.40. The molecule has 128 valence electrons. The minimum Gasteiger partial charge on any atom is -0.371 e. The summed E-state index contributed by atoms with van der Waals surface area (Å²) in [5.74, 6) is 1.81. The first-order chi connectivity index (χ1) is 12.2. The molecule has 1 aliphatic rings. The molecule has 0 amide bonds. The van der Waals surface area contributed by atoms with Crippen LogP contribution in [0, 0.1) is 17.2 Å². The molecule has 0 unspecified atom stereocenters. The van der Waals surface area contributed by atoms with Crippen molar-refractivity contribution in [2.75, 3.05) is 11.9 Å². The SMILES string of the molecule is CC(C)CCNc1c2c(c(C#N)c3nc4ccccc4n13)CCCC2. The van der Waals surface area contributed by atoms with Crippen molar-refractivity contribution >= 4 is 22.5 Å². The van der Waals surface area contributed by atoms with Gasteiger partial charge in [0.15, 0.2) is 5.65 Å². The molecule has 0 saturated carbocycles. The van der Waals surface area contributed by atoms with Crippen LogP contribution in [0.15, 0.2) is 24.3 Å². The van der Waals surface area contributed by atoms with Crippen molar-refractivity contribution in [2.45, 2.75) is 46.0 Å². The first kappa shape index (κ1) is 16.0. The Labute approximate surface area is 148 Å². The van der Waals surface area contributed by atoms with E-state index >= 15 is 0 Å². The lowest BCUT2D eigenvalue weighted by molar-refractivity contribution is 0.605. The number of aromatic nitrogens is 2. The molecule has 0 radical (unpaired) electrons. The summed E-state index contributed by atoms with van der Waals surface area (Å²) in [7, 11) is 0. The minimum atomic E-state index is 0.664. The summed E-state index contributed by atoms with van der Waals surface area (Å²) in [6, 6.07) is 10.6. The predicted molar refractivity (Wildman–Crippen MR) is 102 cm³/mol. The average Bonchev–Trinajstić information content (AvgIpc) is 3.00. The van der Waals surface area contributed by atoms with E-state index in [0.717, 1.165) is 60.3 Å². The van der Waals surface area contributed by atoms with Gasteiger partial charge in [-0.15, -0.1) is 0 Å². The van der Waals surface area contributed by atoms with Gasteiger partial charge in [-0.3, -0.25) is 4.40 Å². The van der Waals surface area contributed by atoms with E-state index in [1.54, 1.807) is 0 Å². The highest BCUT2D eigenvalue weighted by Crippen LogP contribution is 2.35. The van der Waals surface area contributed by atoms with Crippen molar-refractivity contribution in [2.24, 2.45) is 5.92 Å². The van der Waals surface area contributed by atoms with Crippen molar-refractivity contribution in [1.82, 2.24) is 9.38 Å². The maximum atomic E-state index is 9.83. The Morgan fingerprint density at radius 1 is 1.20 bits per heavy atom. The van der Waals surface area contributed by atoms with Gasteiger partial charge >= 0.3 is 0 Å². The monoisotopic (exact) mass is 332 g/mol. The molecule has 25 heavy (non-hydrogen) atoms. The molecule has 1 N–H and O–H groups in total. The van der Waals surface area contributed by atoms with Crippen LogP contribution in [0.4, 0.5) is 5.82 Å². The van der Waals surface area contributed by atoms with Crippen LogP contribution < -0.4 is 5.32 Å². The second-order valence-corrected chi connectivity index (χ2v) is 7.37. The molecule has 4 nitrogen and oxygen atoms in total. The van der Waals surface area contributed by atoms with Gasteiger partial charge in [-0.25, -0.2) is 4.98 Å². The van der Waals surface area contributed by atoms with E-state index in [0.29, 0.717) is 5.92 Å². The Kier molecular flexibility index (Phi) is 4.09. The molecule has 3 aromatic rings. The maximum Gasteiger partial charge on any atom is 0.157 e. The summed E-state index contributed by atoms with van der Waals surface area (Å²) in [6.45, 7) is 5.44. The number of para-hydroxylation sites is 2. The number of pyridine rings is 1. The highest BCUT2D eigenvalue weighted by molar-refractivity contribution is 5.86. The third-order valence-corrected chi connectivity index (χ3v) is 5.19. The van der Waals surface area contributed by atoms with Crippen LogP contribution in [-0.4, -0.2) is 15.9 Å². The van der Waals surface area contributed by atoms with Crippen LogP contribution in [-0.2, 0) is 12.8 Å². The number of fused-ring (bicyclic) bond motifs is 4. The Bertz CT molecular complexity index is 975. The van der Waals surface area contributed by atoms with Gasteiger partial charge in [0, 0.05) is 6.54 Å². The number of hydrogen-bond acceptors (Lipinski definition) is 3. The van der Waals surface area contributed by atoms with Gasteiger partial charge in [0.1, 0.15) is 11.9 Å². The summed E-state index contributed by atoms with van der Waals surface area (Å²) in [5, 5.41) is 13.5. The smallest absolute Gasteiger partial charge is 0.157 e. The van der Waals surface area contributed by atoms with E-state index in [4.69, 9.17) is 4.98 Å². The number of benzene rings is 1. The standard InChI is InChI=1S/C21H24N4/c1-14(2)11-12-23-20-16-8-4-3-7-15(16)17(13-22)21-24-18-9-5-6-10-19(18)25(20)21/h5-6,9-10,14,23H,3-4,7-8,11-12H2,1-2H3. The quantitative estimate of drug-likeness (QED) is 0.753. The van der Waals surface area contributed by atoms with Crippen LogP contribution in [0.25, 0.3) is 16.7 Å². The normalized spacial score (nSPS) is 14.0. The Morgan fingerprint density at radius 2 is 1.96 bits per heavy atom. The largest absolute Gasteiger partial charge is 0.371 e. The first-order valence-corrected chi connectivity index (χ1v) is 9.29. The number of nitrogens with zero attached hydrogens (tertiary/aromatic N) is 3. The van der Waals surface area contributed by atoms with Crippen molar-refractivity contribution < 1.29 is 0 Å². The molecule has 0 atom stereocenters. The van der Waals surface area contributed by atoms with Gasteiger partial charge in [-0.1, -0.05) is 26.0 Å². The molecule has 0 bridgehead atoms. The lowest BCUT2D eigenvalue weighted by atomic mass is 9.89. The van der Waals surface area contributed by atoms with Crippen molar-refractivity contribution in [3.05, 3.63) is 41.0 Å². The number of hydrogen-bond donors (Lipinski definition) is 1. The summed E-state index contributed by atoms with van der Waals surface area (Å²) >= 11 is 0. The minimum absolute atomic E-state index is 0.664. The summed E-state index contributed by atoms with van der Waals surface area (Å²) < 4.78 is 2.18. The molecule has 4 rings (SSSR count). The summed E-state index contributed by atoms with van der Waals surface area (Å²) in [4.78, 5) is 4.80. The molecule has 4 heteroatoms. The molecule has 0 spiro atoms. The Hall–Kier alpha value is -2.54.